The second kappa shape index (κ2) is 10.3. The van der Waals surface area contributed by atoms with Gasteiger partial charge in [-0.3, -0.25) is 4.79 Å². The van der Waals surface area contributed by atoms with E-state index in [4.69, 9.17) is 4.74 Å². The molecule has 1 fully saturated rings. The van der Waals surface area contributed by atoms with Gasteiger partial charge in [0.05, 0.1) is 17.4 Å². The van der Waals surface area contributed by atoms with Crippen molar-refractivity contribution in [2.45, 2.75) is 58.7 Å². The van der Waals surface area contributed by atoms with Crippen LogP contribution in [0.15, 0.2) is 36.7 Å². The molecule has 0 radical (unpaired) electrons. The van der Waals surface area contributed by atoms with Crippen LogP contribution in [0, 0.1) is 24.2 Å². The molecule has 0 bridgehead atoms. The second-order valence-electron chi connectivity index (χ2n) is 10.1. The van der Waals surface area contributed by atoms with Crippen LogP contribution in [0.25, 0.3) is 10.4 Å². The van der Waals surface area contributed by atoms with Crippen LogP contribution in [0.2, 0.25) is 0 Å². The molecule has 2 heterocycles. The molecule has 11 heteroatoms. The van der Waals surface area contributed by atoms with Crippen LogP contribution in [-0.2, 0) is 21.3 Å². The third kappa shape index (κ3) is 5.13. The molecule has 1 aliphatic rings. The van der Waals surface area contributed by atoms with Crippen molar-refractivity contribution in [1.29, 1.82) is 0 Å². The second-order valence-corrected chi connectivity index (χ2v) is 11.2. The summed E-state index contributed by atoms with van der Waals surface area (Å²) < 4.78 is 44.3. The van der Waals surface area contributed by atoms with Gasteiger partial charge in [0, 0.05) is 18.1 Å². The minimum Gasteiger partial charge on any atom is -0.469 e. The first-order chi connectivity index (χ1) is 17.8. The number of aromatic nitrogens is 3. The van der Waals surface area contributed by atoms with Crippen molar-refractivity contribution in [3.05, 3.63) is 52.9 Å². The number of methoxy groups -OCH3 is 1. The molecule has 1 aliphatic carbocycles. The molecule has 1 saturated carbocycles. The van der Waals surface area contributed by atoms with Crippen LogP contribution in [0.4, 0.5) is 24.8 Å². The molecule has 4 rings (SSSR count). The number of ether oxygens (including phenoxy) is 1. The van der Waals surface area contributed by atoms with E-state index in [0.29, 0.717) is 30.0 Å². The first kappa shape index (κ1) is 28.0. The Hall–Kier alpha value is -3.05. The molecule has 0 aliphatic heterocycles. The number of carbonyl (C=O) groups excluding carboxylic acids is 1. The Morgan fingerprint density at radius 3 is 2.50 bits per heavy atom. The van der Waals surface area contributed by atoms with E-state index in [9.17, 15) is 23.1 Å². The Balaban J connectivity index is 1.60. The lowest BCUT2D eigenvalue weighted by Crippen LogP contribution is -2.52. The van der Waals surface area contributed by atoms with E-state index in [2.05, 4.69) is 20.3 Å². The maximum atomic E-state index is 13.0. The number of rotatable bonds is 6. The number of carbonyl (C=O) groups is 1. The molecular weight excluding hydrogens is 517 g/mol. The number of nitrogens with one attached hydrogen (secondary N) is 1. The molecule has 0 saturated heterocycles. The molecule has 3 aromatic rings. The van der Waals surface area contributed by atoms with Gasteiger partial charge in [0.25, 0.3) is 0 Å². The predicted molar refractivity (Wildman–Crippen MR) is 139 cm³/mol. The zero-order valence-electron chi connectivity index (χ0n) is 21.9. The Labute approximate surface area is 223 Å². The monoisotopic (exact) mass is 548 g/mol. The molecule has 0 amide bonds. The van der Waals surface area contributed by atoms with Crippen molar-refractivity contribution in [1.82, 2.24) is 15.0 Å². The minimum atomic E-state index is -4.57. The number of hydrogen-bond acceptors (Lipinski definition) is 8. The molecule has 2 N–H and O–H groups in total. The lowest BCUT2D eigenvalue weighted by molar-refractivity contribution is -0.174. The molecule has 2 aromatic heterocycles. The van der Waals surface area contributed by atoms with Gasteiger partial charge in [0.2, 0.25) is 5.95 Å². The van der Waals surface area contributed by atoms with E-state index >= 15 is 0 Å². The SMILES string of the molecule is CCC1(C(=O)OC)[C@H](C)CC(O)(c2ncc(-c3cc(C)cc(Nc4nccc(C(F)(F)F)n4)c3)s2)C[C@@H]1C. The average Bonchev–Trinajstić information content (AvgIpc) is 3.35. The number of nitrogens with zero attached hydrogens (tertiary/aromatic N) is 3. The van der Waals surface area contributed by atoms with Crippen molar-refractivity contribution in [2.24, 2.45) is 17.3 Å². The number of aryl methyl sites for hydroxylation is 1. The standard InChI is InChI=1S/C27H31F3N4O3S/c1-6-26(23(35)37-5)16(3)12-25(36,13-17(26)4)22-32-14-20(38-22)18-9-15(2)10-19(11-18)33-24-31-8-7-21(34-24)27(28,29)30/h7-11,14,16-17,36H,6,12-13H2,1-5H3,(H,31,33,34)/t16-,17+,25?,26?. The van der Waals surface area contributed by atoms with Crippen molar-refractivity contribution in [3.8, 4) is 10.4 Å². The molecule has 38 heavy (non-hydrogen) atoms. The number of thiazole rings is 1. The number of anilines is 2. The van der Waals surface area contributed by atoms with Gasteiger partial charge in [0.1, 0.15) is 16.3 Å². The highest BCUT2D eigenvalue weighted by Gasteiger charge is 2.56. The van der Waals surface area contributed by atoms with Crippen molar-refractivity contribution in [3.63, 3.8) is 0 Å². The summed E-state index contributed by atoms with van der Waals surface area (Å²) in [5, 5.41) is 15.1. The molecule has 4 atom stereocenters. The minimum absolute atomic E-state index is 0.122. The fourth-order valence-corrected chi connectivity index (χ4v) is 6.89. The predicted octanol–water partition coefficient (Wildman–Crippen LogP) is 6.49. The summed E-state index contributed by atoms with van der Waals surface area (Å²) in [6.07, 6.45) is -0.450. The molecule has 1 aromatic carbocycles. The smallest absolute Gasteiger partial charge is 0.433 e. The van der Waals surface area contributed by atoms with Gasteiger partial charge in [0.15, 0.2) is 0 Å². The van der Waals surface area contributed by atoms with E-state index in [0.717, 1.165) is 28.3 Å². The fourth-order valence-electron chi connectivity index (χ4n) is 5.88. The van der Waals surface area contributed by atoms with Crippen LogP contribution in [0.3, 0.4) is 0 Å². The lowest BCUT2D eigenvalue weighted by atomic mass is 9.56. The number of aliphatic hydroxyl groups is 1. The van der Waals surface area contributed by atoms with Gasteiger partial charge in [-0.1, -0.05) is 26.8 Å². The third-order valence-corrected chi connectivity index (χ3v) is 8.90. The zero-order valence-corrected chi connectivity index (χ0v) is 22.7. The van der Waals surface area contributed by atoms with Crippen LogP contribution in [-0.4, -0.2) is 33.1 Å². The Kier molecular flexibility index (Phi) is 7.55. The number of halogens is 3. The summed E-state index contributed by atoms with van der Waals surface area (Å²) in [4.78, 5) is 25.6. The van der Waals surface area contributed by atoms with Crippen molar-refractivity contribution >= 4 is 28.9 Å². The quantitative estimate of drug-likeness (QED) is 0.340. The highest BCUT2D eigenvalue weighted by atomic mass is 32.1. The van der Waals surface area contributed by atoms with Crippen LogP contribution < -0.4 is 5.32 Å². The highest BCUT2D eigenvalue weighted by molar-refractivity contribution is 7.15. The summed E-state index contributed by atoms with van der Waals surface area (Å²) in [7, 11) is 1.40. The Morgan fingerprint density at radius 1 is 1.21 bits per heavy atom. The maximum Gasteiger partial charge on any atom is 0.433 e. The van der Waals surface area contributed by atoms with Crippen molar-refractivity contribution < 1.29 is 27.8 Å². The normalized spacial score (nSPS) is 25.7. The van der Waals surface area contributed by atoms with Gasteiger partial charge < -0.3 is 15.2 Å². The van der Waals surface area contributed by atoms with E-state index in [1.54, 1.807) is 18.3 Å². The van der Waals surface area contributed by atoms with Gasteiger partial charge in [-0.05, 0) is 67.3 Å². The highest BCUT2D eigenvalue weighted by Crippen LogP contribution is 2.55. The molecular formula is C27H31F3N4O3S. The van der Waals surface area contributed by atoms with Gasteiger partial charge in [-0.25, -0.2) is 15.0 Å². The number of hydrogen-bond donors (Lipinski definition) is 2. The van der Waals surface area contributed by atoms with Gasteiger partial charge >= 0.3 is 12.1 Å². The molecule has 2 unspecified atom stereocenters. The summed E-state index contributed by atoms with van der Waals surface area (Å²) in [6, 6.07) is 6.32. The van der Waals surface area contributed by atoms with Crippen LogP contribution in [0.5, 0.6) is 0 Å². The maximum absolute atomic E-state index is 13.0. The average molecular weight is 549 g/mol. The summed E-state index contributed by atoms with van der Waals surface area (Å²) in [5.74, 6) is -0.649. The van der Waals surface area contributed by atoms with E-state index < -0.39 is 22.9 Å². The van der Waals surface area contributed by atoms with Gasteiger partial charge in [-0.15, -0.1) is 11.3 Å². The number of esters is 1. The first-order valence-electron chi connectivity index (χ1n) is 12.4. The topological polar surface area (TPSA) is 97.2 Å². The van der Waals surface area contributed by atoms with E-state index in [-0.39, 0.29) is 23.8 Å². The molecule has 0 spiro atoms. The first-order valence-corrected chi connectivity index (χ1v) is 13.2. The summed E-state index contributed by atoms with van der Waals surface area (Å²) in [6.45, 7) is 7.80. The van der Waals surface area contributed by atoms with Gasteiger partial charge in [-0.2, -0.15) is 13.2 Å². The number of benzene rings is 1. The molecule has 204 valence electrons. The third-order valence-electron chi connectivity index (χ3n) is 7.66. The van der Waals surface area contributed by atoms with Crippen molar-refractivity contribution in [2.75, 3.05) is 12.4 Å². The zero-order chi connectivity index (χ0) is 27.9. The number of alkyl halides is 3. The largest absolute Gasteiger partial charge is 0.469 e. The van der Waals surface area contributed by atoms with E-state index in [1.165, 1.54) is 18.4 Å². The van der Waals surface area contributed by atoms with E-state index in [1.807, 2.05) is 33.8 Å². The van der Waals surface area contributed by atoms with Crippen LogP contribution in [0.1, 0.15) is 56.3 Å². The summed E-state index contributed by atoms with van der Waals surface area (Å²) >= 11 is 1.36. The molecule has 7 nitrogen and oxygen atoms in total. The summed E-state index contributed by atoms with van der Waals surface area (Å²) in [5.41, 5.74) is -0.691. The lowest BCUT2D eigenvalue weighted by Gasteiger charge is -2.50. The Morgan fingerprint density at radius 2 is 1.89 bits per heavy atom. The Bertz CT molecular complexity index is 1310. The van der Waals surface area contributed by atoms with Crippen LogP contribution >= 0.6 is 11.3 Å². The fraction of sp³-hybridized carbons (Fsp3) is 0.481.